The minimum absolute atomic E-state index is 0.0493. The number of ether oxygens (including phenoxy) is 2. The monoisotopic (exact) mass is 434 g/mol. The van der Waals surface area contributed by atoms with Crippen molar-refractivity contribution in [3.8, 4) is 11.5 Å². The predicted molar refractivity (Wildman–Crippen MR) is 117 cm³/mol. The molecule has 1 saturated heterocycles. The van der Waals surface area contributed by atoms with E-state index in [0.29, 0.717) is 28.4 Å². The van der Waals surface area contributed by atoms with Gasteiger partial charge in [0.05, 0.1) is 25.8 Å². The van der Waals surface area contributed by atoms with Gasteiger partial charge in [0.1, 0.15) is 11.5 Å². The highest BCUT2D eigenvalue weighted by molar-refractivity contribution is 6.51. The fourth-order valence-corrected chi connectivity index (χ4v) is 3.74. The van der Waals surface area contributed by atoms with Crippen molar-refractivity contribution >= 4 is 23.3 Å². The number of aryl methyl sites for hydroxylation is 2. The second-order valence-corrected chi connectivity index (χ2v) is 7.45. The van der Waals surface area contributed by atoms with Crippen LogP contribution in [0.4, 0.5) is 5.82 Å². The lowest BCUT2D eigenvalue weighted by Crippen LogP contribution is -2.29. The van der Waals surface area contributed by atoms with E-state index in [0.717, 1.165) is 5.56 Å². The zero-order valence-corrected chi connectivity index (χ0v) is 18.1. The molecule has 0 spiro atoms. The van der Waals surface area contributed by atoms with Crippen LogP contribution >= 0.6 is 0 Å². The zero-order valence-electron chi connectivity index (χ0n) is 18.1. The average Bonchev–Trinajstić information content (AvgIpc) is 3.34. The number of amides is 1. The van der Waals surface area contributed by atoms with Crippen molar-refractivity contribution in [2.24, 2.45) is 0 Å². The molecular formula is C24H22N2O6. The number of carbonyl (C=O) groups is 2. The van der Waals surface area contributed by atoms with Crippen LogP contribution < -0.4 is 14.4 Å². The highest BCUT2D eigenvalue weighted by Crippen LogP contribution is 2.42. The Bertz CT molecular complexity index is 1230. The van der Waals surface area contributed by atoms with Gasteiger partial charge in [0.25, 0.3) is 5.78 Å². The van der Waals surface area contributed by atoms with Crippen LogP contribution in [0.25, 0.3) is 5.76 Å². The molecule has 1 N–H and O–H groups in total. The summed E-state index contributed by atoms with van der Waals surface area (Å²) in [7, 11) is 2.97. The van der Waals surface area contributed by atoms with Gasteiger partial charge in [0.15, 0.2) is 17.3 Å². The molecule has 8 heteroatoms. The van der Waals surface area contributed by atoms with Gasteiger partial charge < -0.3 is 19.1 Å². The van der Waals surface area contributed by atoms with E-state index in [9.17, 15) is 14.7 Å². The largest absolute Gasteiger partial charge is 0.507 e. The minimum Gasteiger partial charge on any atom is -0.507 e. The quantitative estimate of drug-likeness (QED) is 0.369. The third-order valence-electron chi connectivity index (χ3n) is 5.36. The Morgan fingerprint density at radius 2 is 1.69 bits per heavy atom. The second-order valence-electron chi connectivity index (χ2n) is 7.45. The van der Waals surface area contributed by atoms with Crippen LogP contribution in [0.15, 0.2) is 58.6 Å². The fraction of sp³-hybridized carbons (Fsp3) is 0.208. The number of benzene rings is 2. The summed E-state index contributed by atoms with van der Waals surface area (Å²) in [5, 5.41) is 15.1. The van der Waals surface area contributed by atoms with Gasteiger partial charge in [-0.15, -0.1) is 0 Å². The van der Waals surface area contributed by atoms with Gasteiger partial charge in [-0.25, -0.2) is 0 Å². The molecule has 0 radical (unpaired) electrons. The summed E-state index contributed by atoms with van der Waals surface area (Å²) in [5.41, 5.74) is 1.93. The van der Waals surface area contributed by atoms with Crippen molar-refractivity contribution in [1.82, 2.24) is 5.16 Å². The van der Waals surface area contributed by atoms with Crippen LogP contribution in [0, 0.1) is 13.8 Å². The molecule has 1 atom stereocenters. The molecule has 164 valence electrons. The Labute approximate surface area is 184 Å². The van der Waals surface area contributed by atoms with Crippen molar-refractivity contribution in [3.05, 3.63) is 76.6 Å². The number of methoxy groups -OCH3 is 2. The fourth-order valence-electron chi connectivity index (χ4n) is 3.74. The van der Waals surface area contributed by atoms with Crippen molar-refractivity contribution in [2.45, 2.75) is 19.9 Å². The highest BCUT2D eigenvalue weighted by atomic mass is 16.5. The second kappa shape index (κ2) is 8.22. The number of hydrogen-bond donors (Lipinski definition) is 1. The molecule has 32 heavy (non-hydrogen) atoms. The molecule has 0 bridgehead atoms. The molecule has 1 aliphatic rings. The molecule has 1 unspecified atom stereocenters. The third-order valence-corrected chi connectivity index (χ3v) is 5.36. The lowest BCUT2D eigenvalue weighted by atomic mass is 9.94. The Hall–Kier alpha value is -4.07. The predicted octanol–water partition coefficient (Wildman–Crippen LogP) is 3.93. The van der Waals surface area contributed by atoms with Crippen molar-refractivity contribution in [3.63, 3.8) is 0 Å². The highest BCUT2D eigenvalue weighted by Gasteiger charge is 2.48. The van der Waals surface area contributed by atoms with Gasteiger partial charge in [-0.3, -0.25) is 14.5 Å². The number of hydrogen-bond acceptors (Lipinski definition) is 7. The summed E-state index contributed by atoms with van der Waals surface area (Å²) in [4.78, 5) is 27.4. The first-order valence-electron chi connectivity index (χ1n) is 9.89. The van der Waals surface area contributed by atoms with Crippen molar-refractivity contribution in [1.29, 1.82) is 0 Å². The van der Waals surface area contributed by atoms with Crippen LogP contribution in [0.3, 0.4) is 0 Å². The van der Waals surface area contributed by atoms with Gasteiger partial charge in [-0.2, -0.15) is 0 Å². The van der Waals surface area contributed by atoms with Crippen LogP contribution in [0.2, 0.25) is 0 Å². The lowest BCUT2D eigenvalue weighted by Gasteiger charge is -2.23. The maximum Gasteiger partial charge on any atom is 0.301 e. The molecule has 2 aromatic carbocycles. The van der Waals surface area contributed by atoms with E-state index < -0.39 is 17.7 Å². The molecule has 0 saturated carbocycles. The maximum absolute atomic E-state index is 13.1. The molecule has 1 amide bonds. The van der Waals surface area contributed by atoms with E-state index in [1.807, 2.05) is 31.2 Å². The van der Waals surface area contributed by atoms with Gasteiger partial charge >= 0.3 is 5.91 Å². The van der Waals surface area contributed by atoms with Gasteiger partial charge in [0.2, 0.25) is 0 Å². The van der Waals surface area contributed by atoms with Gasteiger partial charge in [0, 0.05) is 11.6 Å². The molecular weight excluding hydrogens is 412 g/mol. The number of ketones is 1. The summed E-state index contributed by atoms with van der Waals surface area (Å²) in [6, 6.07) is 12.8. The average molecular weight is 434 g/mol. The molecule has 1 fully saturated rings. The first kappa shape index (κ1) is 21.2. The van der Waals surface area contributed by atoms with Crippen molar-refractivity contribution in [2.75, 3.05) is 19.1 Å². The number of aliphatic hydroxyl groups excluding tert-OH is 1. The molecule has 1 aliphatic heterocycles. The lowest BCUT2D eigenvalue weighted by molar-refractivity contribution is -0.132. The van der Waals surface area contributed by atoms with E-state index in [1.54, 1.807) is 31.2 Å². The molecule has 0 aliphatic carbocycles. The number of aliphatic hydroxyl groups is 1. The number of nitrogens with zero attached hydrogens (tertiary/aromatic N) is 2. The number of Topliss-reactive ketones (excluding diaryl/α,β-unsaturated/α-hetero) is 1. The SMILES string of the molecule is COc1ccc(C(O)=C2C(=O)C(=O)N(c3cc(C)on3)C2c2ccc(C)cc2)cc1OC. The van der Waals surface area contributed by atoms with Gasteiger partial charge in [-0.05, 0) is 37.6 Å². The number of aromatic nitrogens is 1. The van der Waals surface area contributed by atoms with E-state index in [2.05, 4.69) is 5.16 Å². The standard InChI is InChI=1S/C24H22N2O6/c1-13-5-7-15(8-6-13)21-20(22(27)16-9-10-17(30-3)18(12-16)31-4)23(28)24(29)26(21)19-11-14(2)32-25-19/h5-12,21,27H,1-4H3. The Balaban J connectivity index is 1.93. The number of carbonyl (C=O) groups excluding carboxylic acids is 2. The molecule has 1 aromatic heterocycles. The van der Waals surface area contributed by atoms with Gasteiger partial charge in [-0.1, -0.05) is 35.0 Å². The van der Waals surface area contributed by atoms with E-state index in [4.69, 9.17) is 14.0 Å². The van der Waals surface area contributed by atoms with Crippen LogP contribution in [0.5, 0.6) is 11.5 Å². The molecule has 3 aromatic rings. The number of anilines is 1. The Morgan fingerprint density at radius 1 is 1.00 bits per heavy atom. The summed E-state index contributed by atoms with van der Waals surface area (Å²) >= 11 is 0. The minimum atomic E-state index is -0.881. The van der Waals surface area contributed by atoms with E-state index in [1.165, 1.54) is 19.1 Å². The van der Waals surface area contributed by atoms with Crippen LogP contribution in [0.1, 0.15) is 28.5 Å². The summed E-state index contributed by atoms with van der Waals surface area (Å²) in [6.07, 6.45) is 0. The van der Waals surface area contributed by atoms with Crippen molar-refractivity contribution < 1.29 is 28.7 Å². The number of rotatable bonds is 5. The third kappa shape index (κ3) is 3.49. The molecule has 2 heterocycles. The molecule has 4 rings (SSSR count). The normalized spacial score (nSPS) is 17.6. The van der Waals surface area contributed by atoms with Crippen LogP contribution in [-0.2, 0) is 9.59 Å². The smallest absolute Gasteiger partial charge is 0.301 e. The first-order chi connectivity index (χ1) is 15.3. The maximum atomic E-state index is 13.1. The summed E-state index contributed by atoms with van der Waals surface area (Å²) in [5.74, 6) is -0.402. The first-order valence-corrected chi connectivity index (χ1v) is 9.89. The Kier molecular flexibility index (Phi) is 5.44. The summed E-state index contributed by atoms with van der Waals surface area (Å²) < 4.78 is 15.7. The summed E-state index contributed by atoms with van der Waals surface area (Å²) in [6.45, 7) is 3.63. The Morgan fingerprint density at radius 3 is 2.28 bits per heavy atom. The molecule has 8 nitrogen and oxygen atoms in total. The zero-order chi connectivity index (χ0) is 23.0. The van der Waals surface area contributed by atoms with E-state index >= 15 is 0 Å². The van der Waals surface area contributed by atoms with Crippen LogP contribution in [-0.4, -0.2) is 36.2 Å². The topological polar surface area (TPSA) is 102 Å². The van der Waals surface area contributed by atoms with E-state index in [-0.39, 0.29) is 17.2 Å².